The van der Waals surface area contributed by atoms with Crippen LogP contribution in [0, 0.1) is 6.92 Å². The second-order valence-electron chi connectivity index (χ2n) is 4.30. The molecule has 21 heavy (non-hydrogen) atoms. The van der Waals surface area contributed by atoms with Crippen molar-refractivity contribution in [1.82, 2.24) is 4.72 Å². The molecule has 1 heterocycles. The Balaban J connectivity index is 2.29. The van der Waals surface area contributed by atoms with Crippen LogP contribution in [0.1, 0.15) is 20.8 Å². The summed E-state index contributed by atoms with van der Waals surface area (Å²) in [5, 5.41) is 10.8. The first-order valence-corrected chi connectivity index (χ1v) is 9.02. The van der Waals surface area contributed by atoms with Crippen molar-refractivity contribution < 1.29 is 18.3 Å². The van der Waals surface area contributed by atoms with Crippen molar-refractivity contribution in [3.63, 3.8) is 0 Å². The van der Waals surface area contributed by atoms with E-state index in [-0.39, 0.29) is 17.0 Å². The normalized spacial score (nSPS) is 11.5. The molecule has 0 aliphatic rings. The van der Waals surface area contributed by atoms with Crippen LogP contribution in [-0.4, -0.2) is 19.5 Å². The lowest BCUT2D eigenvalue weighted by molar-refractivity contribution is 0.0696. The van der Waals surface area contributed by atoms with E-state index < -0.39 is 16.0 Å². The first kappa shape index (κ1) is 16.2. The zero-order valence-electron chi connectivity index (χ0n) is 11.0. The number of hydrogen-bond donors (Lipinski definition) is 2. The van der Waals surface area contributed by atoms with Gasteiger partial charge >= 0.3 is 5.97 Å². The number of rotatable bonds is 5. The fourth-order valence-electron chi connectivity index (χ4n) is 1.67. The Morgan fingerprint density at radius 1 is 1.38 bits per heavy atom. The van der Waals surface area contributed by atoms with E-state index in [0.717, 1.165) is 16.5 Å². The van der Waals surface area contributed by atoms with Crippen LogP contribution in [0.15, 0.2) is 39.0 Å². The number of aromatic carboxylic acids is 1. The number of aryl methyl sites for hydroxylation is 1. The molecule has 0 unspecified atom stereocenters. The second-order valence-corrected chi connectivity index (χ2v) is 7.89. The van der Waals surface area contributed by atoms with Crippen LogP contribution in [0.2, 0.25) is 0 Å². The molecule has 0 fully saturated rings. The summed E-state index contributed by atoms with van der Waals surface area (Å²) in [4.78, 5) is 11.8. The second kappa shape index (κ2) is 6.27. The minimum atomic E-state index is -3.79. The molecular weight excluding hydrogens is 378 g/mol. The molecule has 0 atom stereocenters. The molecule has 5 nitrogen and oxygen atoms in total. The molecule has 0 saturated heterocycles. The van der Waals surface area contributed by atoms with Gasteiger partial charge in [0.2, 0.25) is 10.0 Å². The average Bonchev–Trinajstić information content (AvgIpc) is 2.82. The summed E-state index contributed by atoms with van der Waals surface area (Å²) in [6.07, 6.45) is 0. The molecule has 0 bridgehead atoms. The number of benzene rings is 1. The maximum atomic E-state index is 12.3. The van der Waals surface area contributed by atoms with E-state index in [9.17, 15) is 13.2 Å². The molecule has 0 aliphatic heterocycles. The third-order valence-corrected chi connectivity index (χ3v) is 6.28. The highest BCUT2D eigenvalue weighted by Gasteiger charge is 2.20. The minimum Gasteiger partial charge on any atom is -0.478 e. The highest BCUT2D eigenvalue weighted by Crippen LogP contribution is 2.24. The molecule has 0 amide bonds. The van der Waals surface area contributed by atoms with Gasteiger partial charge in [-0.05, 0) is 58.1 Å². The van der Waals surface area contributed by atoms with Crippen LogP contribution in [0.25, 0.3) is 0 Å². The van der Waals surface area contributed by atoms with Gasteiger partial charge in [-0.15, -0.1) is 11.3 Å². The van der Waals surface area contributed by atoms with Crippen molar-refractivity contribution in [3.8, 4) is 0 Å². The minimum absolute atomic E-state index is 0.0779. The zero-order valence-corrected chi connectivity index (χ0v) is 14.2. The Bertz CT molecular complexity index is 783. The Labute approximate surface area is 134 Å². The van der Waals surface area contributed by atoms with Gasteiger partial charge in [0, 0.05) is 15.9 Å². The molecule has 112 valence electrons. The highest BCUT2D eigenvalue weighted by molar-refractivity contribution is 9.10. The van der Waals surface area contributed by atoms with Crippen molar-refractivity contribution in [2.75, 3.05) is 0 Å². The number of carboxylic acid groups (broad SMARTS) is 1. The zero-order chi connectivity index (χ0) is 15.6. The fourth-order valence-corrected chi connectivity index (χ4v) is 4.59. The number of carboxylic acids is 1. The largest absolute Gasteiger partial charge is 0.478 e. The topological polar surface area (TPSA) is 83.5 Å². The summed E-state index contributed by atoms with van der Waals surface area (Å²) in [5.41, 5.74) is 0.937. The SMILES string of the molecule is Cc1ccsc1CNS(=O)(=O)c1cc(C(=O)O)ccc1Br. The lowest BCUT2D eigenvalue weighted by atomic mass is 10.2. The summed E-state index contributed by atoms with van der Waals surface area (Å²) < 4.78 is 27.4. The number of sulfonamides is 1. The van der Waals surface area contributed by atoms with Crippen molar-refractivity contribution in [1.29, 1.82) is 0 Å². The monoisotopic (exact) mass is 389 g/mol. The van der Waals surface area contributed by atoms with E-state index in [0.29, 0.717) is 4.47 Å². The Morgan fingerprint density at radius 2 is 2.10 bits per heavy atom. The number of hydrogen-bond acceptors (Lipinski definition) is 4. The van der Waals surface area contributed by atoms with E-state index >= 15 is 0 Å². The Hall–Kier alpha value is -1.22. The molecule has 1 aromatic carbocycles. The van der Waals surface area contributed by atoms with Crippen LogP contribution in [0.4, 0.5) is 0 Å². The van der Waals surface area contributed by atoms with Gasteiger partial charge in [0.25, 0.3) is 0 Å². The summed E-state index contributed by atoms with van der Waals surface area (Å²) in [7, 11) is -3.79. The quantitative estimate of drug-likeness (QED) is 0.822. The number of nitrogens with one attached hydrogen (secondary N) is 1. The Kier molecular flexibility index (Phi) is 4.82. The van der Waals surface area contributed by atoms with E-state index in [1.165, 1.54) is 23.5 Å². The molecule has 0 aliphatic carbocycles. The lowest BCUT2D eigenvalue weighted by Gasteiger charge is -2.09. The average molecular weight is 390 g/mol. The standard InChI is InChI=1S/C13H12BrNO4S2/c1-8-4-5-20-11(8)7-15-21(18,19)12-6-9(13(16)17)2-3-10(12)14/h2-6,15H,7H2,1H3,(H,16,17). The van der Waals surface area contributed by atoms with Crippen LogP contribution in [0.5, 0.6) is 0 Å². The van der Waals surface area contributed by atoms with Crippen molar-refractivity contribution >= 4 is 43.3 Å². The molecular formula is C13H12BrNO4S2. The fraction of sp³-hybridized carbons (Fsp3) is 0.154. The smallest absolute Gasteiger partial charge is 0.335 e. The van der Waals surface area contributed by atoms with Crippen LogP contribution >= 0.6 is 27.3 Å². The molecule has 2 aromatic rings. The number of thiophene rings is 1. The van der Waals surface area contributed by atoms with Crippen molar-refractivity contribution in [3.05, 3.63) is 50.1 Å². The number of halogens is 1. The van der Waals surface area contributed by atoms with Gasteiger partial charge in [-0.1, -0.05) is 0 Å². The van der Waals surface area contributed by atoms with Gasteiger partial charge in [0.1, 0.15) is 0 Å². The molecule has 2 rings (SSSR count). The van der Waals surface area contributed by atoms with Gasteiger partial charge in [-0.2, -0.15) is 0 Å². The lowest BCUT2D eigenvalue weighted by Crippen LogP contribution is -2.23. The molecule has 2 N–H and O–H groups in total. The van der Waals surface area contributed by atoms with E-state index in [1.54, 1.807) is 0 Å². The summed E-state index contributed by atoms with van der Waals surface area (Å²) in [6.45, 7) is 2.08. The maximum absolute atomic E-state index is 12.3. The predicted molar refractivity (Wildman–Crippen MR) is 84.2 cm³/mol. The summed E-state index contributed by atoms with van der Waals surface area (Å²) in [6, 6.07) is 5.80. The Morgan fingerprint density at radius 3 is 2.67 bits per heavy atom. The maximum Gasteiger partial charge on any atom is 0.335 e. The van der Waals surface area contributed by atoms with E-state index in [4.69, 9.17) is 5.11 Å². The van der Waals surface area contributed by atoms with Crippen LogP contribution in [-0.2, 0) is 16.6 Å². The van der Waals surface area contributed by atoms with E-state index in [2.05, 4.69) is 20.7 Å². The third-order valence-electron chi connectivity index (χ3n) is 2.86. The number of carbonyl (C=O) groups is 1. The van der Waals surface area contributed by atoms with E-state index in [1.807, 2.05) is 18.4 Å². The molecule has 0 radical (unpaired) electrons. The summed E-state index contributed by atoms with van der Waals surface area (Å²) in [5.74, 6) is -1.17. The van der Waals surface area contributed by atoms with Gasteiger partial charge in [-0.25, -0.2) is 17.9 Å². The first-order valence-electron chi connectivity index (χ1n) is 5.87. The van der Waals surface area contributed by atoms with Gasteiger partial charge in [0.15, 0.2) is 0 Å². The van der Waals surface area contributed by atoms with Crippen molar-refractivity contribution in [2.24, 2.45) is 0 Å². The van der Waals surface area contributed by atoms with Gasteiger partial charge < -0.3 is 5.11 Å². The molecule has 8 heteroatoms. The molecule has 0 saturated carbocycles. The van der Waals surface area contributed by atoms with Gasteiger partial charge in [-0.3, -0.25) is 0 Å². The highest BCUT2D eigenvalue weighted by atomic mass is 79.9. The van der Waals surface area contributed by atoms with Crippen LogP contribution in [0.3, 0.4) is 0 Å². The third kappa shape index (κ3) is 3.70. The molecule has 1 aromatic heterocycles. The molecule has 0 spiro atoms. The predicted octanol–water partition coefficient (Wildman–Crippen LogP) is 3.00. The van der Waals surface area contributed by atoms with Crippen molar-refractivity contribution in [2.45, 2.75) is 18.4 Å². The first-order chi connectivity index (χ1) is 9.81. The van der Waals surface area contributed by atoms with Crippen LogP contribution < -0.4 is 4.72 Å². The summed E-state index contributed by atoms with van der Waals surface area (Å²) >= 11 is 4.60. The van der Waals surface area contributed by atoms with Gasteiger partial charge in [0.05, 0.1) is 10.5 Å².